The van der Waals surface area contributed by atoms with Gasteiger partial charge in [-0.05, 0) is 48.9 Å². The Morgan fingerprint density at radius 2 is 1.89 bits per heavy atom. The molecule has 8 heteroatoms. The second kappa shape index (κ2) is 8.63. The number of carbonyl (C=O) groups is 2. The number of ether oxygens (including phenoxy) is 2. The van der Waals surface area contributed by atoms with Gasteiger partial charge in [0.05, 0.1) is 18.9 Å². The van der Waals surface area contributed by atoms with Gasteiger partial charge in [-0.2, -0.15) is 10.2 Å². The van der Waals surface area contributed by atoms with Gasteiger partial charge < -0.3 is 9.47 Å². The molecule has 2 N–H and O–H groups in total. The van der Waals surface area contributed by atoms with Gasteiger partial charge in [0.1, 0.15) is 0 Å². The first kappa shape index (κ1) is 18.8. The highest BCUT2D eigenvalue weighted by Crippen LogP contribution is 2.28. The zero-order valence-corrected chi connectivity index (χ0v) is 15.3. The largest absolute Gasteiger partial charge is 0.493 e. The molecule has 0 aliphatic carbocycles. The highest BCUT2D eigenvalue weighted by atomic mass is 16.6. The van der Waals surface area contributed by atoms with E-state index in [-0.39, 0.29) is 11.4 Å². The summed E-state index contributed by atoms with van der Waals surface area (Å²) in [6, 6.07) is 15.2. The average Bonchev–Trinajstić information content (AvgIpc) is 3.16. The predicted molar refractivity (Wildman–Crippen MR) is 103 cm³/mol. The molecule has 8 nitrogen and oxygen atoms in total. The summed E-state index contributed by atoms with van der Waals surface area (Å²) in [6.07, 6.45) is 1.45. The van der Waals surface area contributed by atoms with Crippen LogP contribution in [0, 0.1) is 6.92 Å². The van der Waals surface area contributed by atoms with E-state index in [0.717, 1.165) is 5.69 Å². The normalized spacial score (nSPS) is 10.6. The number of aromatic nitrogens is 2. The van der Waals surface area contributed by atoms with Gasteiger partial charge in [0, 0.05) is 5.69 Å². The zero-order valence-electron chi connectivity index (χ0n) is 15.3. The van der Waals surface area contributed by atoms with Gasteiger partial charge in [0.2, 0.25) is 0 Å². The van der Waals surface area contributed by atoms with Crippen molar-refractivity contribution in [3.8, 4) is 11.5 Å². The molecular weight excluding hydrogens is 360 g/mol. The summed E-state index contributed by atoms with van der Waals surface area (Å²) >= 11 is 0. The standard InChI is InChI=1S/C20H18N4O4/c1-13-10-16(23-22-13)19(25)24-21-12-14-8-9-17(18(11-14)27-2)28-20(26)15-6-4-3-5-7-15/h3-12H,1-2H3,(H,22,23)(H,24,25)/b21-12-. The number of H-pyrrole nitrogens is 1. The minimum absolute atomic E-state index is 0.246. The van der Waals surface area contributed by atoms with Gasteiger partial charge >= 0.3 is 5.97 Å². The van der Waals surface area contributed by atoms with Crippen molar-refractivity contribution in [2.75, 3.05) is 7.11 Å². The molecule has 1 amide bonds. The van der Waals surface area contributed by atoms with E-state index >= 15 is 0 Å². The van der Waals surface area contributed by atoms with Gasteiger partial charge in [-0.15, -0.1) is 0 Å². The van der Waals surface area contributed by atoms with Crippen LogP contribution >= 0.6 is 0 Å². The lowest BCUT2D eigenvalue weighted by atomic mass is 10.2. The summed E-state index contributed by atoms with van der Waals surface area (Å²) in [5.74, 6) is -0.269. The molecule has 0 fully saturated rings. The monoisotopic (exact) mass is 378 g/mol. The Balaban J connectivity index is 1.67. The minimum atomic E-state index is -0.484. The van der Waals surface area contributed by atoms with Crippen LogP contribution in [0.25, 0.3) is 0 Å². The molecule has 1 heterocycles. The summed E-state index contributed by atoms with van der Waals surface area (Å²) in [6.45, 7) is 1.80. The van der Waals surface area contributed by atoms with Gasteiger partial charge in [-0.1, -0.05) is 18.2 Å². The number of aromatic amines is 1. The fourth-order valence-corrected chi connectivity index (χ4v) is 2.34. The molecule has 2 aromatic carbocycles. The second-order valence-electron chi connectivity index (χ2n) is 5.80. The van der Waals surface area contributed by atoms with E-state index in [2.05, 4.69) is 20.7 Å². The number of esters is 1. The van der Waals surface area contributed by atoms with Crippen molar-refractivity contribution < 1.29 is 19.1 Å². The van der Waals surface area contributed by atoms with Crippen molar-refractivity contribution in [3.63, 3.8) is 0 Å². The van der Waals surface area contributed by atoms with Crippen molar-refractivity contribution in [2.24, 2.45) is 5.10 Å². The maximum atomic E-state index is 12.2. The third-order valence-electron chi connectivity index (χ3n) is 3.72. The van der Waals surface area contributed by atoms with Crippen molar-refractivity contribution >= 4 is 18.1 Å². The first-order chi connectivity index (χ1) is 13.6. The van der Waals surface area contributed by atoms with Gasteiger partial charge in [0.25, 0.3) is 5.91 Å². The van der Waals surface area contributed by atoms with Crippen molar-refractivity contribution in [3.05, 3.63) is 77.1 Å². The van der Waals surface area contributed by atoms with Gasteiger partial charge in [-0.3, -0.25) is 9.89 Å². The first-order valence-electron chi connectivity index (χ1n) is 8.37. The molecule has 0 atom stereocenters. The predicted octanol–water partition coefficient (Wildman–Crippen LogP) is 2.71. The van der Waals surface area contributed by atoms with Crippen LogP contribution < -0.4 is 14.9 Å². The number of methoxy groups -OCH3 is 1. The lowest BCUT2D eigenvalue weighted by Gasteiger charge is -2.09. The number of nitrogens with zero attached hydrogens (tertiary/aromatic N) is 2. The molecule has 1 aromatic heterocycles. The summed E-state index contributed by atoms with van der Waals surface area (Å²) in [5, 5.41) is 10.4. The maximum Gasteiger partial charge on any atom is 0.343 e. The van der Waals surface area contributed by atoms with Crippen molar-refractivity contribution in [2.45, 2.75) is 6.92 Å². The van der Waals surface area contributed by atoms with E-state index < -0.39 is 11.9 Å². The lowest BCUT2D eigenvalue weighted by molar-refractivity contribution is 0.0729. The maximum absolute atomic E-state index is 12.2. The molecule has 28 heavy (non-hydrogen) atoms. The lowest BCUT2D eigenvalue weighted by Crippen LogP contribution is -2.18. The van der Waals surface area contributed by atoms with Crippen LogP contribution in [0.4, 0.5) is 0 Å². The number of hydrogen-bond donors (Lipinski definition) is 2. The SMILES string of the molecule is COc1cc(/C=N\NC(=O)c2cc(C)[nH]n2)ccc1OC(=O)c1ccccc1. The van der Waals surface area contributed by atoms with E-state index in [9.17, 15) is 9.59 Å². The van der Waals surface area contributed by atoms with Crippen LogP contribution in [-0.2, 0) is 0 Å². The van der Waals surface area contributed by atoms with Crippen LogP contribution in [0.15, 0.2) is 59.7 Å². The number of carbonyl (C=O) groups excluding carboxylic acids is 2. The Morgan fingerprint density at radius 1 is 1.11 bits per heavy atom. The molecule has 0 aliphatic heterocycles. The number of benzene rings is 2. The summed E-state index contributed by atoms with van der Waals surface area (Å²) < 4.78 is 10.7. The molecule has 3 rings (SSSR count). The Hall–Kier alpha value is -3.94. The molecule has 3 aromatic rings. The van der Waals surface area contributed by atoms with E-state index in [4.69, 9.17) is 9.47 Å². The third-order valence-corrected chi connectivity index (χ3v) is 3.72. The number of amides is 1. The van der Waals surface area contributed by atoms with E-state index in [1.807, 2.05) is 6.07 Å². The Kier molecular flexibility index (Phi) is 5.81. The molecule has 142 valence electrons. The Bertz CT molecular complexity index is 1010. The van der Waals surface area contributed by atoms with Crippen molar-refractivity contribution in [1.29, 1.82) is 0 Å². The Labute approximate surface area is 161 Å². The number of nitrogens with one attached hydrogen (secondary N) is 2. The second-order valence-corrected chi connectivity index (χ2v) is 5.80. The van der Waals surface area contributed by atoms with Crippen LogP contribution in [0.3, 0.4) is 0 Å². The molecule has 0 radical (unpaired) electrons. The number of rotatable bonds is 6. The Morgan fingerprint density at radius 3 is 2.57 bits per heavy atom. The number of hydrazone groups is 1. The molecular formula is C20H18N4O4. The minimum Gasteiger partial charge on any atom is -0.493 e. The van der Waals surface area contributed by atoms with Crippen LogP contribution in [0.1, 0.15) is 32.1 Å². The first-order valence-corrected chi connectivity index (χ1v) is 8.37. The average molecular weight is 378 g/mol. The third kappa shape index (κ3) is 4.61. The van der Waals surface area contributed by atoms with E-state index in [1.165, 1.54) is 13.3 Å². The molecule has 0 saturated heterocycles. The zero-order chi connectivity index (χ0) is 19.9. The highest BCUT2D eigenvalue weighted by molar-refractivity contribution is 5.93. The highest BCUT2D eigenvalue weighted by Gasteiger charge is 2.12. The number of hydrogen-bond acceptors (Lipinski definition) is 6. The van der Waals surface area contributed by atoms with E-state index in [1.54, 1.807) is 55.5 Å². The fourth-order valence-electron chi connectivity index (χ4n) is 2.34. The van der Waals surface area contributed by atoms with Crippen LogP contribution in [0.2, 0.25) is 0 Å². The summed E-state index contributed by atoms with van der Waals surface area (Å²) in [4.78, 5) is 24.1. The van der Waals surface area contributed by atoms with E-state index in [0.29, 0.717) is 16.9 Å². The fraction of sp³-hybridized carbons (Fsp3) is 0.100. The molecule has 0 aliphatic rings. The number of aryl methyl sites for hydroxylation is 1. The smallest absolute Gasteiger partial charge is 0.343 e. The molecule has 0 saturated carbocycles. The summed E-state index contributed by atoms with van der Waals surface area (Å²) in [7, 11) is 1.47. The van der Waals surface area contributed by atoms with Crippen molar-refractivity contribution in [1.82, 2.24) is 15.6 Å². The summed E-state index contributed by atoms with van der Waals surface area (Å²) in [5.41, 5.74) is 4.50. The van der Waals surface area contributed by atoms with Crippen LogP contribution in [0.5, 0.6) is 11.5 Å². The molecule has 0 spiro atoms. The topological polar surface area (TPSA) is 106 Å². The van der Waals surface area contributed by atoms with Gasteiger partial charge in [0.15, 0.2) is 17.2 Å². The van der Waals surface area contributed by atoms with Gasteiger partial charge in [-0.25, -0.2) is 10.2 Å². The molecule has 0 unspecified atom stereocenters. The van der Waals surface area contributed by atoms with Crippen LogP contribution in [-0.4, -0.2) is 35.4 Å². The molecule has 0 bridgehead atoms. The quantitative estimate of drug-likeness (QED) is 0.297.